The molecule has 25 heavy (non-hydrogen) atoms. The molecule has 1 aliphatic rings. The maximum atomic E-state index is 12.9. The van der Waals surface area contributed by atoms with Crippen molar-refractivity contribution < 1.29 is 14.3 Å². The molecule has 1 aromatic carbocycles. The summed E-state index contributed by atoms with van der Waals surface area (Å²) in [7, 11) is 1.65. The maximum absolute atomic E-state index is 12.9. The molecule has 0 saturated carbocycles. The van der Waals surface area contributed by atoms with Crippen molar-refractivity contribution in [3.63, 3.8) is 0 Å². The summed E-state index contributed by atoms with van der Waals surface area (Å²) >= 11 is 0. The summed E-state index contributed by atoms with van der Waals surface area (Å²) in [6, 6.07) is 5.61. The molecule has 5 heteroatoms. The quantitative estimate of drug-likeness (QED) is 0.823. The maximum Gasteiger partial charge on any atom is 0.253 e. The fourth-order valence-corrected chi connectivity index (χ4v) is 3.22. The van der Waals surface area contributed by atoms with Crippen molar-refractivity contribution in [1.82, 2.24) is 9.80 Å². The molecule has 0 radical (unpaired) electrons. The number of carbonyl (C=O) groups is 2. The minimum absolute atomic E-state index is 0.0375. The van der Waals surface area contributed by atoms with E-state index in [1.54, 1.807) is 7.11 Å². The summed E-state index contributed by atoms with van der Waals surface area (Å²) < 4.78 is 5.34. The highest BCUT2D eigenvalue weighted by molar-refractivity contribution is 5.94. The number of ether oxygens (including phenoxy) is 1. The lowest BCUT2D eigenvalue weighted by Crippen LogP contribution is -2.37. The molecule has 0 spiro atoms. The first-order chi connectivity index (χ1) is 12.0. The van der Waals surface area contributed by atoms with E-state index in [2.05, 4.69) is 20.8 Å². The van der Waals surface area contributed by atoms with Crippen LogP contribution >= 0.6 is 0 Å². The van der Waals surface area contributed by atoms with Crippen molar-refractivity contribution in [3.8, 4) is 5.75 Å². The molecule has 0 aromatic heterocycles. The highest BCUT2D eigenvalue weighted by Gasteiger charge is 2.23. The fourth-order valence-electron chi connectivity index (χ4n) is 3.22. The Morgan fingerprint density at radius 1 is 1.12 bits per heavy atom. The van der Waals surface area contributed by atoms with Crippen molar-refractivity contribution in [2.24, 2.45) is 5.92 Å². The Morgan fingerprint density at radius 2 is 1.80 bits per heavy atom. The van der Waals surface area contributed by atoms with E-state index in [-0.39, 0.29) is 11.8 Å². The molecular weight excluding hydrogens is 316 g/mol. The topological polar surface area (TPSA) is 49.9 Å². The molecule has 2 rings (SSSR count). The fraction of sp³-hybridized carbons (Fsp3) is 0.600. The Balaban J connectivity index is 2.04. The molecule has 1 aliphatic heterocycles. The van der Waals surface area contributed by atoms with Crippen LogP contribution in [0, 0.1) is 5.92 Å². The molecule has 1 heterocycles. The van der Waals surface area contributed by atoms with Crippen LogP contribution in [-0.4, -0.2) is 54.9 Å². The molecule has 138 valence electrons. The van der Waals surface area contributed by atoms with Gasteiger partial charge in [-0.1, -0.05) is 20.8 Å². The first-order valence-corrected chi connectivity index (χ1v) is 9.20. The van der Waals surface area contributed by atoms with E-state index < -0.39 is 0 Å². The first kappa shape index (κ1) is 19.3. The zero-order valence-corrected chi connectivity index (χ0v) is 15.9. The van der Waals surface area contributed by atoms with Crippen LogP contribution in [0.15, 0.2) is 18.2 Å². The van der Waals surface area contributed by atoms with E-state index in [1.807, 2.05) is 28.0 Å². The van der Waals surface area contributed by atoms with Crippen molar-refractivity contribution in [3.05, 3.63) is 29.3 Å². The predicted molar refractivity (Wildman–Crippen MR) is 98.9 cm³/mol. The number of hydrogen-bond acceptors (Lipinski definition) is 3. The Labute approximate surface area is 150 Å². The first-order valence-electron chi connectivity index (χ1n) is 9.20. The van der Waals surface area contributed by atoms with E-state index in [1.165, 1.54) is 0 Å². The lowest BCUT2D eigenvalue weighted by Gasteiger charge is -2.23. The highest BCUT2D eigenvalue weighted by atomic mass is 16.5. The van der Waals surface area contributed by atoms with Crippen molar-refractivity contribution in [2.75, 3.05) is 33.3 Å². The summed E-state index contributed by atoms with van der Waals surface area (Å²) in [4.78, 5) is 28.9. The monoisotopic (exact) mass is 346 g/mol. The Hall–Kier alpha value is -2.04. The molecular formula is C20H30N2O3. The average molecular weight is 346 g/mol. The van der Waals surface area contributed by atoms with Crippen molar-refractivity contribution >= 4 is 11.8 Å². The Morgan fingerprint density at radius 3 is 2.44 bits per heavy atom. The largest absolute Gasteiger partial charge is 0.496 e. The van der Waals surface area contributed by atoms with Gasteiger partial charge in [-0.3, -0.25) is 9.59 Å². The van der Waals surface area contributed by atoms with Crippen molar-refractivity contribution in [1.29, 1.82) is 0 Å². The number of amides is 2. The van der Waals surface area contributed by atoms with Gasteiger partial charge in [0.05, 0.1) is 7.11 Å². The van der Waals surface area contributed by atoms with E-state index in [9.17, 15) is 9.59 Å². The van der Waals surface area contributed by atoms with Gasteiger partial charge in [0.25, 0.3) is 5.91 Å². The lowest BCUT2D eigenvalue weighted by molar-refractivity contribution is -0.131. The van der Waals surface area contributed by atoms with E-state index in [0.717, 1.165) is 30.7 Å². The average Bonchev–Trinajstić information content (AvgIpc) is 2.86. The number of hydrogen-bond donors (Lipinski definition) is 0. The smallest absolute Gasteiger partial charge is 0.253 e. The molecule has 1 fully saturated rings. The van der Waals surface area contributed by atoms with Gasteiger partial charge >= 0.3 is 0 Å². The van der Waals surface area contributed by atoms with Gasteiger partial charge in [-0.05, 0) is 42.5 Å². The molecule has 1 saturated heterocycles. The molecule has 0 bridgehead atoms. The van der Waals surface area contributed by atoms with Crippen LogP contribution < -0.4 is 4.74 Å². The van der Waals surface area contributed by atoms with Gasteiger partial charge in [0.2, 0.25) is 5.91 Å². The minimum Gasteiger partial charge on any atom is -0.496 e. The van der Waals surface area contributed by atoms with Crippen LogP contribution in [0.5, 0.6) is 5.75 Å². The third-order valence-electron chi connectivity index (χ3n) is 4.63. The van der Waals surface area contributed by atoms with Crippen LogP contribution in [0.1, 0.15) is 49.5 Å². The number of carbonyl (C=O) groups excluding carboxylic acids is 2. The van der Waals surface area contributed by atoms with Gasteiger partial charge in [-0.25, -0.2) is 0 Å². The molecule has 0 atom stereocenters. The molecule has 5 nitrogen and oxygen atoms in total. The second kappa shape index (κ2) is 8.88. The molecule has 0 aliphatic carbocycles. The van der Waals surface area contributed by atoms with Crippen molar-refractivity contribution in [2.45, 2.75) is 40.0 Å². The summed E-state index contributed by atoms with van der Waals surface area (Å²) in [5.74, 6) is 1.41. The third kappa shape index (κ3) is 4.97. The van der Waals surface area contributed by atoms with Crippen LogP contribution in [-0.2, 0) is 11.2 Å². The molecule has 1 aromatic rings. The molecule has 0 unspecified atom stereocenters. The second-order valence-corrected chi connectivity index (χ2v) is 7.00. The highest BCUT2D eigenvalue weighted by Crippen LogP contribution is 2.21. The Bertz CT molecular complexity index is 613. The number of benzene rings is 1. The van der Waals surface area contributed by atoms with E-state index in [0.29, 0.717) is 37.5 Å². The van der Waals surface area contributed by atoms with Gasteiger partial charge in [0, 0.05) is 38.2 Å². The van der Waals surface area contributed by atoms with Gasteiger partial charge < -0.3 is 14.5 Å². The van der Waals surface area contributed by atoms with E-state index in [4.69, 9.17) is 4.74 Å². The van der Waals surface area contributed by atoms with Gasteiger partial charge in [-0.15, -0.1) is 0 Å². The van der Waals surface area contributed by atoms with Gasteiger partial charge in [-0.2, -0.15) is 0 Å². The summed E-state index contributed by atoms with van der Waals surface area (Å²) in [5.41, 5.74) is 1.73. The molecule has 2 amide bonds. The number of aryl methyl sites for hydroxylation is 1. The number of methoxy groups -OCH3 is 1. The van der Waals surface area contributed by atoms with Crippen LogP contribution in [0.4, 0.5) is 0 Å². The summed E-state index contributed by atoms with van der Waals surface area (Å²) in [5, 5.41) is 0. The zero-order chi connectivity index (χ0) is 18.4. The normalized spacial score (nSPS) is 15.2. The summed E-state index contributed by atoms with van der Waals surface area (Å²) in [6.45, 7) is 8.80. The van der Waals surface area contributed by atoms with Gasteiger partial charge in [0.15, 0.2) is 0 Å². The lowest BCUT2D eigenvalue weighted by atomic mass is 10.1. The molecule has 0 N–H and O–H groups in total. The summed E-state index contributed by atoms with van der Waals surface area (Å²) in [6.07, 6.45) is 2.22. The van der Waals surface area contributed by atoms with Crippen LogP contribution in [0.25, 0.3) is 0 Å². The van der Waals surface area contributed by atoms with Crippen LogP contribution in [0.2, 0.25) is 0 Å². The van der Waals surface area contributed by atoms with E-state index >= 15 is 0 Å². The number of nitrogens with zero attached hydrogens (tertiary/aromatic N) is 2. The zero-order valence-electron chi connectivity index (χ0n) is 15.9. The second-order valence-electron chi connectivity index (χ2n) is 7.00. The standard InChI is InChI=1S/C20H30N2O3/c1-5-16-14-17(7-8-18(16)25-4)20(24)22-10-6-9-21(11-12-22)19(23)13-15(2)3/h7-8,14-15H,5-6,9-13H2,1-4H3. The Kier molecular flexibility index (Phi) is 6.85. The minimum atomic E-state index is 0.0375. The third-order valence-corrected chi connectivity index (χ3v) is 4.63. The van der Waals surface area contributed by atoms with Gasteiger partial charge in [0.1, 0.15) is 5.75 Å². The SMILES string of the molecule is CCc1cc(C(=O)N2CCCN(C(=O)CC(C)C)CC2)ccc1OC. The predicted octanol–water partition coefficient (Wildman–Crippen LogP) is 2.98. The number of rotatable bonds is 5. The van der Waals surface area contributed by atoms with Crippen LogP contribution in [0.3, 0.4) is 0 Å².